The number of aryl methyl sites for hydroxylation is 2. The maximum absolute atomic E-state index is 9.97. The van der Waals surface area contributed by atoms with Crippen LogP contribution in [0, 0.1) is 13.8 Å². The molecule has 3 aromatic rings. The first-order chi connectivity index (χ1) is 11.1. The zero-order valence-electron chi connectivity index (χ0n) is 13.1. The van der Waals surface area contributed by atoms with Crippen LogP contribution >= 0.6 is 0 Å². The van der Waals surface area contributed by atoms with E-state index in [2.05, 4.69) is 0 Å². The van der Waals surface area contributed by atoms with Gasteiger partial charge in [0, 0.05) is 6.07 Å². The molecule has 0 saturated heterocycles. The Labute approximate surface area is 135 Å². The Morgan fingerprint density at radius 1 is 0.609 bits per heavy atom. The van der Waals surface area contributed by atoms with E-state index in [0.29, 0.717) is 17.2 Å². The van der Waals surface area contributed by atoms with E-state index in [0.717, 1.165) is 11.3 Å². The maximum atomic E-state index is 9.97. The molecule has 0 radical (unpaired) electrons. The van der Waals surface area contributed by atoms with Gasteiger partial charge in [0.25, 0.3) is 0 Å². The third-order valence-electron chi connectivity index (χ3n) is 3.44. The van der Waals surface area contributed by atoms with E-state index >= 15 is 0 Å². The van der Waals surface area contributed by atoms with Gasteiger partial charge in [-0.25, -0.2) is 0 Å². The van der Waals surface area contributed by atoms with E-state index in [1.165, 1.54) is 5.56 Å². The molecule has 0 heterocycles. The quantitative estimate of drug-likeness (QED) is 0.682. The second-order valence-corrected chi connectivity index (χ2v) is 5.46. The van der Waals surface area contributed by atoms with Crippen LogP contribution in [-0.2, 0) is 0 Å². The summed E-state index contributed by atoms with van der Waals surface area (Å²) in [7, 11) is 0. The molecule has 116 valence electrons. The minimum Gasteiger partial charge on any atom is -0.504 e. The van der Waals surface area contributed by atoms with Crippen molar-refractivity contribution < 1.29 is 14.6 Å². The lowest BCUT2D eigenvalue weighted by molar-refractivity contribution is 0.405. The minimum atomic E-state index is 0.0711. The monoisotopic (exact) mass is 306 g/mol. The molecule has 0 aliphatic rings. The molecule has 0 aliphatic carbocycles. The van der Waals surface area contributed by atoms with Gasteiger partial charge in [0.15, 0.2) is 11.5 Å². The van der Waals surface area contributed by atoms with Gasteiger partial charge in [-0.15, -0.1) is 0 Å². The van der Waals surface area contributed by atoms with Gasteiger partial charge in [0.2, 0.25) is 0 Å². The fourth-order valence-electron chi connectivity index (χ4n) is 2.12. The molecule has 1 N–H and O–H groups in total. The molecule has 0 spiro atoms. The van der Waals surface area contributed by atoms with Crippen molar-refractivity contribution in [3.63, 3.8) is 0 Å². The van der Waals surface area contributed by atoms with E-state index in [9.17, 15) is 5.11 Å². The molecule has 0 fully saturated rings. The summed E-state index contributed by atoms with van der Waals surface area (Å²) in [6.07, 6.45) is 0. The highest BCUT2D eigenvalue weighted by Crippen LogP contribution is 2.35. The van der Waals surface area contributed by atoms with Crippen LogP contribution in [-0.4, -0.2) is 5.11 Å². The van der Waals surface area contributed by atoms with Gasteiger partial charge in [0.05, 0.1) is 0 Å². The van der Waals surface area contributed by atoms with Crippen LogP contribution in [0.5, 0.6) is 28.7 Å². The summed E-state index contributed by atoms with van der Waals surface area (Å²) >= 11 is 0. The molecule has 0 saturated carbocycles. The van der Waals surface area contributed by atoms with Crippen molar-refractivity contribution in [2.75, 3.05) is 0 Å². The summed E-state index contributed by atoms with van der Waals surface area (Å²) in [5, 5.41) is 9.97. The van der Waals surface area contributed by atoms with E-state index in [4.69, 9.17) is 9.47 Å². The summed E-state index contributed by atoms with van der Waals surface area (Å²) in [6, 6.07) is 20.4. The molecule has 3 nitrogen and oxygen atoms in total. The smallest absolute Gasteiger partial charge is 0.172 e. The molecule has 3 heteroatoms. The Bertz CT molecular complexity index is 790. The fraction of sp³-hybridized carbons (Fsp3) is 0.100. The molecule has 23 heavy (non-hydrogen) atoms. The van der Waals surface area contributed by atoms with Gasteiger partial charge < -0.3 is 14.6 Å². The summed E-state index contributed by atoms with van der Waals surface area (Å²) in [4.78, 5) is 0. The van der Waals surface area contributed by atoms with Gasteiger partial charge in [-0.2, -0.15) is 0 Å². The average Bonchev–Trinajstić information content (AvgIpc) is 2.55. The van der Waals surface area contributed by atoms with Crippen LogP contribution in [0.4, 0.5) is 0 Å². The first kappa shape index (κ1) is 15.0. The lowest BCUT2D eigenvalue weighted by Crippen LogP contribution is -1.88. The molecule has 0 aromatic heterocycles. The molecule has 3 rings (SSSR count). The van der Waals surface area contributed by atoms with Crippen LogP contribution in [0.15, 0.2) is 66.7 Å². The van der Waals surface area contributed by atoms with E-state index in [1.54, 1.807) is 18.2 Å². The molecule has 0 aliphatic heterocycles. The SMILES string of the molecule is Cc1ccc(Oc2ccc(O)c(Oc3ccc(C)cc3)c2)cc1. The maximum Gasteiger partial charge on any atom is 0.172 e. The molecule has 0 unspecified atom stereocenters. The van der Waals surface area contributed by atoms with Gasteiger partial charge >= 0.3 is 0 Å². The largest absolute Gasteiger partial charge is 0.504 e. The normalized spacial score (nSPS) is 10.3. The van der Waals surface area contributed by atoms with Crippen LogP contribution in [0.1, 0.15) is 11.1 Å². The first-order valence-electron chi connectivity index (χ1n) is 7.42. The van der Waals surface area contributed by atoms with Crippen molar-refractivity contribution in [1.29, 1.82) is 0 Å². The van der Waals surface area contributed by atoms with Crippen LogP contribution < -0.4 is 9.47 Å². The third kappa shape index (κ3) is 3.83. The van der Waals surface area contributed by atoms with Gasteiger partial charge in [-0.1, -0.05) is 35.4 Å². The zero-order chi connectivity index (χ0) is 16.2. The summed E-state index contributed by atoms with van der Waals surface area (Å²) < 4.78 is 11.5. The lowest BCUT2D eigenvalue weighted by atomic mass is 10.2. The predicted octanol–water partition coefficient (Wildman–Crippen LogP) is 5.59. The number of hydrogen-bond donors (Lipinski definition) is 1. The number of aromatic hydroxyl groups is 1. The Hall–Kier alpha value is -2.94. The van der Waals surface area contributed by atoms with Crippen LogP contribution in [0.25, 0.3) is 0 Å². The Morgan fingerprint density at radius 3 is 1.65 bits per heavy atom. The molecule has 0 bridgehead atoms. The number of benzene rings is 3. The molecular weight excluding hydrogens is 288 g/mol. The topological polar surface area (TPSA) is 38.7 Å². The van der Waals surface area contributed by atoms with Gasteiger partial charge in [-0.05, 0) is 50.2 Å². The molecule has 3 aromatic carbocycles. The number of ether oxygens (including phenoxy) is 2. The molecule has 0 amide bonds. The van der Waals surface area contributed by atoms with Crippen molar-refractivity contribution in [3.05, 3.63) is 77.9 Å². The predicted molar refractivity (Wildman–Crippen MR) is 90.6 cm³/mol. The summed E-state index contributed by atoms with van der Waals surface area (Å²) in [6.45, 7) is 4.04. The van der Waals surface area contributed by atoms with Crippen molar-refractivity contribution >= 4 is 0 Å². The number of hydrogen-bond acceptors (Lipinski definition) is 3. The van der Waals surface area contributed by atoms with E-state index < -0.39 is 0 Å². The zero-order valence-corrected chi connectivity index (χ0v) is 13.1. The van der Waals surface area contributed by atoms with Crippen molar-refractivity contribution in [1.82, 2.24) is 0 Å². The minimum absolute atomic E-state index is 0.0711. The standard InChI is InChI=1S/C20H18O3/c1-14-3-7-16(8-4-14)22-18-11-12-19(21)20(13-18)23-17-9-5-15(2)6-10-17/h3-13,21H,1-2H3. The highest BCUT2D eigenvalue weighted by Gasteiger charge is 2.07. The number of phenols is 1. The first-order valence-corrected chi connectivity index (χ1v) is 7.42. The lowest BCUT2D eigenvalue weighted by Gasteiger charge is -2.11. The Morgan fingerprint density at radius 2 is 1.09 bits per heavy atom. The van der Waals surface area contributed by atoms with Crippen molar-refractivity contribution in [3.8, 4) is 28.7 Å². The number of phenolic OH excluding ortho intramolecular Hbond substituents is 1. The van der Waals surface area contributed by atoms with Gasteiger partial charge in [-0.3, -0.25) is 0 Å². The summed E-state index contributed by atoms with van der Waals surface area (Å²) in [5.41, 5.74) is 2.32. The average molecular weight is 306 g/mol. The van der Waals surface area contributed by atoms with E-state index in [-0.39, 0.29) is 5.75 Å². The molecule has 0 atom stereocenters. The Kier molecular flexibility index (Phi) is 4.20. The van der Waals surface area contributed by atoms with Crippen LogP contribution in [0.3, 0.4) is 0 Å². The van der Waals surface area contributed by atoms with Crippen molar-refractivity contribution in [2.24, 2.45) is 0 Å². The number of rotatable bonds is 4. The van der Waals surface area contributed by atoms with Crippen LogP contribution in [0.2, 0.25) is 0 Å². The third-order valence-corrected chi connectivity index (χ3v) is 3.44. The van der Waals surface area contributed by atoms with Crippen molar-refractivity contribution in [2.45, 2.75) is 13.8 Å². The van der Waals surface area contributed by atoms with E-state index in [1.807, 2.05) is 62.4 Å². The molecular formula is C20H18O3. The second kappa shape index (κ2) is 6.44. The Balaban J connectivity index is 1.81. The second-order valence-electron chi connectivity index (χ2n) is 5.46. The fourth-order valence-corrected chi connectivity index (χ4v) is 2.12. The highest BCUT2D eigenvalue weighted by atomic mass is 16.5. The van der Waals surface area contributed by atoms with Gasteiger partial charge in [0.1, 0.15) is 17.2 Å². The highest BCUT2D eigenvalue weighted by molar-refractivity contribution is 5.48. The summed E-state index contributed by atoms with van der Waals surface area (Å²) in [5.74, 6) is 2.44.